The first-order valence-corrected chi connectivity index (χ1v) is 28.7. The molecule has 380 valence electrons. The number of rotatable bonds is 6. The number of anilines is 3. The Morgan fingerprint density at radius 3 is 1.43 bits per heavy atom. The zero-order valence-electron chi connectivity index (χ0n) is 44.8. The molecular weight excluding hydrogens is 989 g/mol. The van der Waals surface area contributed by atoms with Crippen molar-refractivity contribution in [1.29, 1.82) is 0 Å². The van der Waals surface area contributed by atoms with Gasteiger partial charge in [0.25, 0.3) is 0 Å². The molecule has 2 spiro atoms. The Kier molecular flexibility index (Phi) is 9.39. The summed E-state index contributed by atoms with van der Waals surface area (Å²) in [5.41, 5.74) is 31.5. The first-order valence-electron chi connectivity index (χ1n) is 28.7. The van der Waals surface area contributed by atoms with E-state index in [0.717, 1.165) is 28.2 Å². The van der Waals surface area contributed by atoms with Gasteiger partial charge >= 0.3 is 0 Å². The summed E-state index contributed by atoms with van der Waals surface area (Å²) < 4.78 is 2.53. The SMILES string of the molecule is c1ccc(-c2ccc(-c3ccccc3N(c3ccc(-c4ccc5c(c4)C4(c6ccccc6-5)c5ccccc5-n5c6ccccc6c6cccc4c65)cc3)c3cccc4c3-c3ccccc3C43c4ccccc4-c4ccccc43)cc2)cc1. The van der Waals surface area contributed by atoms with Gasteiger partial charge in [0.05, 0.1) is 38.9 Å². The van der Waals surface area contributed by atoms with E-state index in [1.807, 2.05) is 0 Å². The van der Waals surface area contributed by atoms with Gasteiger partial charge < -0.3 is 9.47 Å². The van der Waals surface area contributed by atoms with Crippen LogP contribution in [0.5, 0.6) is 0 Å². The first-order chi connectivity index (χ1) is 40.7. The fourth-order valence-corrected chi connectivity index (χ4v) is 15.6. The number of nitrogens with zero attached hydrogens (tertiary/aromatic N) is 2. The maximum atomic E-state index is 2.54. The second-order valence-electron chi connectivity index (χ2n) is 22.6. The van der Waals surface area contributed by atoms with Crippen molar-refractivity contribution < 1.29 is 0 Å². The van der Waals surface area contributed by atoms with Gasteiger partial charge in [-0.05, 0) is 143 Å². The van der Waals surface area contributed by atoms with Gasteiger partial charge in [-0.2, -0.15) is 0 Å². The van der Waals surface area contributed by atoms with Gasteiger partial charge in [0, 0.05) is 27.6 Å². The number of benzene rings is 13. The standard InChI is InChI=1S/C80H50N2/c1-2-20-51(21-3-1)52-40-42-54(43-41-52)57-22-8-15-36-73(57)81(76-39-19-34-70-77(76)64-27-7-13-32-68(64)79(70)65-29-10-4-23-58(65)59-24-5-11-30-66(59)79)56-47-44-53(45-48-56)55-46-49-61-60-25-6-12-31-67(60)80(72(61)50-55)69-33-14-17-38-75(69)82-74-37-16-9-26-62(74)63-28-18-35-71(80)78(63)82/h1-50H. The Labute approximate surface area is 476 Å². The van der Waals surface area contributed by atoms with Gasteiger partial charge in [-0.3, -0.25) is 0 Å². The molecule has 1 unspecified atom stereocenters. The third-order valence-corrected chi connectivity index (χ3v) is 18.8. The van der Waals surface area contributed by atoms with E-state index in [-0.39, 0.29) is 0 Å². The monoisotopic (exact) mass is 1040 g/mol. The van der Waals surface area contributed by atoms with Crippen LogP contribution in [-0.2, 0) is 10.8 Å². The number of hydrogen-bond acceptors (Lipinski definition) is 1. The zero-order valence-corrected chi connectivity index (χ0v) is 44.8. The van der Waals surface area contributed by atoms with Crippen molar-refractivity contribution in [2.45, 2.75) is 10.8 Å². The second-order valence-corrected chi connectivity index (χ2v) is 22.6. The number of fused-ring (bicyclic) bond motifs is 22. The van der Waals surface area contributed by atoms with Crippen LogP contribution in [0.4, 0.5) is 17.1 Å². The third-order valence-electron chi connectivity index (χ3n) is 18.8. The van der Waals surface area contributed by atoms with Gasteiger partial charge in [-0.25, -0.2) is 0 Å². The van der Waals surface area contributed by atoms with Crippen LogP contribution < -0.4 is 4.90 Å². The van der Waals surface area contributed by atoms with Crippen LogP contribution in [0, 0.1) is 0 Å². The molecule has 2 heteroatoms. The van der Waals surface area contributed by atoms with Crippen LogP contribution in [0.25, 0.3) is 94.3 Å². The van der Waals surface area contributed by atoms with Crippen LogP contribution in [0.2, 0.25) is 0 Å². The van der Waals surface area contributed by atoms with E-state index in [4.69, 9.17) is 0 Å². The van der Waals surface area contributed by atoms with Crippen molar-refractivity contribution in [3.05, 3.63) is 348 Å². The van der Waals surface area contributed by atoms with E-state index >= 15 is 0 Å². The summed E-state index contributed by atoms with van der Waals surface area (Å²) in [6.07, 6.45) is 0. The Bertz CT molecular complexity index is 4940. The molecule has 4 aliphatic rings. The first kappa shape index (κ1) is 45.3. The molecule has 1 aromatic heterocycles. The molecule has 0 N–H and O–H groups in total. The molecule has 14 aromatic rings. The molecular formula is C80H50N2. The Morgan fingerprint density at radius 2 is 0.707 bits per heavy atom. The van der Waals surface area contributed by atoms with Crippen molar-refractivity contribution in [1.82, 2.24) is 4.57 Å². The molecule has 2 heterocycles. The minimum Gasteiger partial charge on any atom is -0.309 e. The van der Waals surface area contributed by atoms with Gasteiger partial charge in [-0.15, -0.1) is 0 Å². The summed E-state index contributed by atoms with van der Waals surface area (Å²) in [5, 5.41) is 2.57. The molecule has 0 radical (unpaired) electrons. The average molecular weight is 1040 g/mol. The van der Waals surface area contributed by atoms with Gasteiger partial charge in [0.2, 0.25) is 0 Å². The average Bonchev–Trinajstić information content (AvgIpc) is 1.70. The van der Waals surface area contributed by atoms with Crippen LogP contribution in [0.1, 0.15) is 44.5 Å². The highest BCUT2D eigenvalue weighted by molar-refractivity contribution is 6.13. The maximum absolute atomic E-state index is 2.54. The lowest BCUT2D eigenvalue weighted by atomic mass is 9.65. The van der Waals surface area contributed by atoms with Crippen molar-refractivity contribution in [2.24, 2.45) is 0 Å². The molecule has 82 heavy (non-hydrogen) atoms. The molecule has 0 bridgehead atoms. The topological polar surface area (TPSA) is 8.17 Å². The largest absolute Gasteiger partial charge is 0.309 e. The normalized spacial score (nSPS) is 15.0. The number of hydrogen-bond donors (Lipinski definition) is 0. The van der Waals surface area contributed by atoms with Crippen LogP contribution in [0.3, 0.4) is 0 Å². The maximum Gasteiger partial charge on any atom is 0.0754 e. The van der Waals surface area contributed by atoms with Crippen LogP contribution in [-0.4, -0.2) is 4.57 Å². The van der Waals surface area contributed by atoms with E-state index in [9.17, 15) is 0 Å². The number of aromatic nitrogens is 1. The summed E-state index contributed by atoms with van der Waals surface area (Å²) in [5.74, 6) is 0. The van der Waals surface area contributed by atoms with E-state index in [2.05, 4.69) is 313 Å². The Hall–Kier alpha value is -10.5. The molecule has 3 aliphatic carbocycles. The summed E-state index contributed by atoms with van der Waals surface area (Å²) in [7, 11) is 0. The molecule has 1 aliphatic heterocycles. The van der Waals surface area contributed by atoms with Crippen LogP contribution in [0.15, 0.2) is 303 Å². The quantitative estimate of drug-likeness (QED) is 0.161. The minimum absolute atomic E-state index is 0.483. The second kappa shape index (κ2) is 17.0. The summed E-state index contributed by atoms with van der Waals surface area (Å²) >= 11 is 0. The lowest BCUT2D eigenvalue weighted by Gasteiger charge is -2.39. The Balaban J connectivity index is 0.839. The van der Waals surface area contributed by atoms with Gasteiger partial charge in [0.15, 0.2) is 0 Å². The molecule has 2 nitrogen and oxygen atoms in total. The summed E-state index contributed by atoms with van der Waals surface area (Å²) in [4.78, 5) is 2.54. The summed E-state index contributed by atoms with van der Waals surface area (Å²) in [6.45, 7) is 0. The van der Waals surface area contributed by atoms with Crippen molar-refractivity contribution in [3.63, 3.8) is 0 Å². The lowest BCUT2D eigenvalue weighted by molar-refractivity contribution is 0.749. The Morgan fingerprint density at radius 1 is 0.256 bits per heavy atom. The fraction of sp³-hybridized carbons (Fsp3) is 0.0250. The van der Waals surface area contributed by atoms with Crippen LogP contribution >= 0.6 is 0 Å². The molecule has 18 rings (SSSR count). The van der Waals surface area contributed by atoms with E-state index < -0.39 is 10.8 Å². The van der Waals surface area contributed by atoms with Crippen molar-refractivity contribution >= 4 is 38.9 Å². The lowest BCUT2D eigenvalue weighted by Crippen LogP contribution is -2.33. The highest BCUT2D eigenvalue weighted by Crippen LogP contribution is 2.66. The molecule has 0 amide bonds. The molecule has 0 fully saturated rings. The predicted octanol–water partition coefficient (Wildman–Crippen LogP) is 20.3. The molecule has 0 saturated carbocycles. The predicted molar refractivity (Wildman–Crippen MR) is 339 cm³/mol. The minimum atomic E-state index is -0.538. The smallest absolute Gasteiger partial charge is 0.0754 e. The van der Waals surface area contributed by atoms with Crippen molar-refractivity contribution in [2.75, 3.05) is 4.90 Å². The zero-order chi connectivity index (χ0) is 53.7. The third kappa shape index (κ3) is 5.87. The molecule has 1 atom stereocenters. The van der Waals surface area contributed by atoms with E-state index in [1.54, 1.807) is 0 Å². The highest BCUT2D eigenvalue weighted by Gasteiger charge is 2.53. The number of para-hydroxylation sites is 4. The highest BCUT2D eigenvalue weighted by atomic mass is 15.1. The van der Waals surface area contributed by atoms with E-state index in [0.29, 0.717) is 0 Å². The van der Waals surface area contributed by atoms with E-state index in [1.165, 1.54) is 128 Å². The molecule has 0 saturated heterocycles. The van der Waals surface area contributed by atoms with Crippen molar-refractivity contribution in [3.8, 4) is 72.4 Å². The summed E-state index contributed by atoms with van der Waals surface area (Å²) in [6, 6.07) is 114. The fourth-order valence-electron chi connectivity index (χ4n) is 15.6. The van der Waals surface area contributed by atoms with Gasteiger partial charge in [0.1, 0.15) is 0 Å². The molecule has 13 aromatic carbocycles. The van der Waals surface area contributed by atoms with Gasteiger partial charge in [-0.1, -0.05) is 261 Å².